The number of hydrogen-bond acceptors (Lipinski definition) is 16. The van der Waals surface area contributed by atoms with E-state index in [0.717, 1.165) is 127 Å². The number of aromatic nitrogens is 4. The molecule has 10 rings (SSSR count). The first-order valence-corrected chi connectivity index (χ1v) is 31.0. The molecule has 4 heterocycles. The second-order valence-electron chi connectivity index (χ2n) is 23.9. The van der Waals surface area contributed by atoms with E-state index in [9.17, 15) is 35.9 Å². The van der Waals surface area contributed by atoms with Crippen molar-refractivity contribution in [3.05, 3.63) is 143 Å². The Bertz CT molecular complexity index is 3300. The lowest BCUT2D eigenvalue weighted by molar-refractivity contribution is -0.138. The van der Waals surface area contributed by atoms with Crippen LogP contribution in [0, 0.1) is 0 Å². The minimum Gasteiger partial charge on any atom is -0.495 e. The summed E-state index contributed by atoms with van der Waals surface area (Å²) < 4.78 is 96.9. The third-order valence-corrected chi connectivity index (χ3v) is 17.6. The molecule has 2 saturated heterocycles. The van der Waals surface area contributed by atoms with E-state index in [4.69, 9.17) is 9.47 Å². The minimum atomic E-state index is -4.69. The lowest BCUT2D eigenvalue weighted by Crippen LogP contribution is -2.52. The van der Waals surface area contributed by atoms with Crippen molar-refractivity contribution in [1.29, 1.82) is 0 Å². The van der Waals surface area contributed by atoms with Gasteiger partial charge in [-0.3, -0.25) is 14.5 Å². The zero-order valence-corrected chi connectivity index (χ0v) is 52.1. The molecule has 6 N–H and O–H groups in total. The summed E-state index contributed by atoms with van der Waals surface area (Å²) in [7, 11) is 10.9. The Kier molecular flexibility index (Phi) is 24.3. The van der Waals surface area contributed by atoms with Crippen LogP contribution in [-0.4, -0.2) is 151 Å². The van der Waals surface area contributed by atoms with Gasteiger partial charge in [0.2, 0.25) is 11.9 Å². The maximum atomic E-state index is 14.8. The fourth-order valence-electron chi connectivity index (χ4n) is 12.5. The van der Waals surface area contributed by atoms with Crippen LogP contribution in [0.25, 0.3) is 0 Å². The molecule has 2 amide bonds. The van der Waals surface area contributed by atoms with Gasteiger partial charge in [0.1, 0.15) is 34.3 Å². The van der Waals surface area contributed by atoms with Gasteiger partial charge in [-0.25, -0.2) is 9.97 Å². The highest BCUT2D eigenvalue weighted by molar-refractivity contribution is 5.96. The van der Waals surface area contributed by atoms with E-state index >= 15 is 0 Å². The molecule has 2 aromatic heterocycles. The first-order valence-electron chi connectivity index (χ1n) is 31.0. The molecule has 0 radical (unpaired) electrons. The topological polar surface area (TPSA) is 189 Å². The molecular formula is C67H88F6N14O4. The molecule has 0 unspecified atom stereocenters. The monoisotopic (exact) mass is 1270 g/mol. The Morgan fingerprint density at radius 2 is 1.03 bits per heavy atom. The number of nitrogens with zero attached hydrogens (tertiary/aromatic N) is 8. The van der Waals surface area contributed by atoms with Gasteiger partial charge in [0.25, 0.3) is 11.8 Å². The van der Waals surface area contributed by atoms with Crippen molar-refractivity contribution in [1.82, 2.24) is 50.6 Å². The molecule has 492 valence electrons. The largest absolute Gasteiger partial charge is 0.495 e. The number of hydrogen-bond donors (Lipinski definition) is 6. The SMILES string of the molecule is C.CN[C@@H]1CCCC[C@H]1Nc1nc(Nc2ccc(C(=O)NC3CCN(C)CC3)cc2OC)ncc1C(F)(F)F.COc1cc(C(=O)NC2CCN(C)CC2)ccc1Nc1ncc(C(F)(F)F)c(N(Cc2ccccc2)[C@@H]2CCCC[C@H]2N(C)Cc2ccccc2)n1. The molecule has 24 heteroatoms. The van der Waals surface area contributed by atoms with Crippen molar-refractivity contribution in [2.24, 2.45) is 0 Å². The Balaban J connectivity index is 0.000000243. The number of ether oxygens (including phenoxy) is 2. The van der Waals surface area contributed by atoms with E-state index in [0.29, 0.717) is 40.5 Å². The number of benzene rings is 4. The average Bonchev–Trinajstić information content (AvgIpc) is 0.903. The van der Waals surface area contributed by atoms with E-state index in [1.54, 1.807) is 36.4 Å². The third kappa shape index (κ3) is 18.7. The second kappa shape index (κ2) is 32.0. The highest BCUT2D eigenvalue weighted by atomic mass is 19.4. The smallest absolute Gasteiger partial charge is 0.421 e. The summed E-state index contributed by atoms with van der Waals surface area (Å²) in [6.07, 6.45) is 2.91. The van der Waals surface area contributed by atoms with Gasteiger partial charge in [0.15, 0.2) is 0 Å². The molecule has 6 aromatic rings. The second-order valence-corrected chi connectivity index (χ2v) is 23.9. The summed E-state index contributed by atoms with van der Waals surface area (Å²) in [5.74, 6) is -0.176. The van der Waals surface area contributed by atoms with Crippen LogP contribution in [0.15, 0.2) is 109 Å². The maximum absolute atomic E-state index is 14.8. The number of rotatable bonds is 20. The molecular weight excluding hydrogens is 1180 g/mol. The lowest BCUT2D eigenvalue weighted by Gasteiger charge is -2.45. The maximum Gasteiger partial charge on any atom is 0.421 e. The van der Waals surface area contributed by atoms with E-state index in [1.165, 1.54) is 14.2 Å². The fourth-order valence-corrected chi connectivity index (χ4v) is 12.5. The van der Waals surface area contributed by atoms with Crippen molar-refractivity contribution in [2.45, 2.75) is 146 Å². The van der Waals surface area contributed by atoms with Crippen molar-refractivity contribution >= 4 is 46.7 Å². The van der Waals surface area contributed by atoms with Gasteiger partial charge in [0.05, 0.1) is 25.6 Å². The molecule has 4 fully saturated rings. The molecule has 4 atom stereocenters. The van der Waals surface area contributed by atoms with Crippen LogP contribution in [0.1, 0.15) is 127 Å². The molecule has 2 aliphatic heterocycles. The molecule has 91 heavy (non-hydrogen) atoms. The van der Waals surface area contributed by atoms with Crippen molar-refractivity contribution in [3.63, 3.8) is 0 Å². The first-order chi connectivity index (χ1) is 43.3. The Hall–Kier alpha value is -7.80. The van der Waals surface area contributed by atoms with Crippen LogP contribution in [-0.2, 0) is 25.4 Å². The van der Waals surface area contributed by atoms with Gasteiger partial charge in [0, 0.05) is 72.9 Å². The number of carbonyl (C=O) groups excluding carboxylic acids is 2. The van der Waals surface area contributed by atoms with E-state index < -0.39 is 23.5 Å². The molecule has 4 aliphatic rings. The normalized spacial score (nSPS) is 19.4. The number of amides is 2. The first kappa shape index (κ1) is 69.1. The van der Waals surface area contributed by atoms with Crippen molar-refractivity contribution in [3.8, 4) is 11.5 Å². The molecule has 0 bridgehead atoms. The van der Waals surface area contributed by atoms with Gasteiger partial charge >= 0.3 is 12.4 Å². The number of methoxy groups -OCH3 is 2. The minimum absolute atomic E-state index is 0. The quantitative estimate of drug-likeness (QED) is 0.0396. The number of likely N-dealkylation sites (tertiary alicyclic amines) is 2. The zero-order valence-electron chi connectivity index (χ0n) is 52.1. The number of likely N-dealkylation sites (N-methyl/N-ethyl adjacent to an activating group) is 2. The van der Waals surface area contributed by atoms with Crippen molar-refractivity contribution in [2.75, 3.05) is 89.4 Å². The summed E-state index contributed by atoms with van der Waals surface area (Å²) in [5.41, 5.74) is 1.93. The number of alkyl halides is 6. The van der Waals surface area contributed by atoms with Crippen molar-refractivity contribution < 1.29 is 45.4 Å². The van der Waals surface area contributed by atoms with Gasteiger partial charge in [-0.05, 0) is 153 Å². The van der Waals surface area contributed by atoms with Gasteiger partial charge in [-0.1, -0.05) is 93.8 Å². The zero-order chi connectivity index (χ0) is 64.0. The third-order valence-electron chi connectivity index (χ3n) is 17.6. The van der Waals surface area contributed by atoms with Crippen LogP contribution in [0.4, 0.5) is 61.2 Å². The highest BCUT2D eigenvalue weighted by Crippen LogP contribution is 2.41. The number of piperidine rings is 2. The van der Waals surface area contributed by atoms with Gasteiger partial charge in [-0.2, -0.15) is 36.3 Å². The summed E-state index contributed by atoms with van der Waals surface area (Å²) >= 11 is 0. The molecule has 4 aromatic carbocycles. The van der Waals surface area contributed by atoms with Crippen LogP contribution in [0.3, 0.4) is 0 Å². The van der Waals surface area contributed by atoms with Crippen LogP contribution < -0.4 is 46.3 Å². The number of halogens is 6. The predicted molar refractivity (Wildman–Crippen MR) is 345 cm³/mol. The Morgan fingerprint density at radius 3 is 1.52 bits per heavy atom. The number of nitrogens with one attached hydrogen (secondary N) is 6. The number of carbonyl (C=O) groups is 2. The molecule has 18 nitrogen and oxygen atoms in total. The lowest BCUT2D eigenvalue weighted by atomic mass is 9.87. The fraction of sp³-hybridized carbons (Fsp3) is 0.493. The average molecular weight is 1270 g/mol. The van der Waals surface area contributed by atoms with E-state index in [1.807, 2.05) is 60.5 Å². The molecule has 2 saturated carbocycles. The summed E-state index contributed by atoms with van der Waals surface area (Å²) in [6, 6.07) is 29.3. The predicted octanol–water partition coefficient (Wildman–Crippen LogP) is 12.2. The standard InChI is InChI=1S/C40H48F3N7O2.C26H36F3N7O2.CH4/c1-48-22-20-31(21-23-48)45-38(51)30-18-19-33(36(24-30)52-3)46-39-44-25-32(40(41,42)43)37(47-39)50(27-29-14-8-5-9-15-29)35-17-11-10-16-34(35)49(2)26-28-12-6-4-7-13-28;1-30-19-6-4-5-7-20(19)33-23-18(26(27,28)29)15-31-25(35-23)34-21-9-8-16(14-22(21)38-3)24(37)32-17-10-12-36(2)13-11-17;/h4-9,12-15,18-19,24-25,31,34-35H,10-11,16-17,20-23,26-27H2,1-3H3,(H,45,51)(H,44,46,47);8-9,14-15,17,19-20,30H,4-7,10-13H2,1-3H3,(H,32,37)(H2,31,33,34,35);1H4/t34-,35-;19-,20-;/m11./s1. The Labute approximate surface area is 530 Å². The van der Waals surface area contributed by atoms with E-state index in [2.05, 4.69) is 99.8 Å². The van der Waals surface area contributed by atoms with Gasteiger partial charge in [-0.15, -0.1) is 0 Å². The summed E-state index contributed by atoms with van der Waals surface area (Å²) in [6.45, 7) is 4.61. The summed E-state index contributed by atoms with van der Waals surface area (Å²) in [5, 5.41) is 18.4. The molecule has 0 spiro atoms. The number of anilines is 6. The van der Waals surface area contributed by atoms with Gasteiger partial charge < -0.3 is 56.1 Å². The highest BCUT2D eigenvalue weighted by Gasteiger charge is 2.42. The summed E-state index contributed by atoms with van der Waals surface area (Å²) in [4.78, 5) is 51.4. The van der Waals surface area contributed by atoms with Crippen LogP contribution in [0.5, 0.6) is 11.5 Å². The molecule has 2 aliphatic carbocycles. The van der Waals surface area contributed by atoms with Crippen LogP contribution >= 0.6 is 0 Å². The van der Waals surface area contributed by atoms with E-state index in [-0.39, 0.29) is 85.6 Å². The Morgan fingerprint density at radius 1 is 0.582 bits per heavy atom. The van der Waals surface area contributed by atoms with Crippen LogP contribution in [0.2, 0.25) is 0 Å².